The van der Waals surface area contributed by atoms with Gasteiger partial charge in [0.2, 0.25) is 0 Å². The summed E-state index contributed by atoms with van der Waals surface area (Å²) >= 11 is 7.90. The molecule has 0 bridgehead atoms. The summed E-state index contributed by atoms with van der Waals surface area (Å²) < 4.78 is 0. The highest BCUT2D eigenvalue weighted by molar-refractivity contribution is 8.15. The fourth-order valence-corrected chi connectivity index (χ4v) is 5.88. The molecule has 21 heavy (non-hydrogen) atoms. The molecule has 10 N–H and O–H groups in total. The monoisotopic (exact) mass is 387 g/mol. The maximum absolute atomic E-state index is 7.29. The first-order chi connectivity index (χ1) is 9.91. The van der Waals surface area contributed by atoms with Crippen LogP contribution in [0, 0.1) is 10.8 Å². The van der Waals surface area contributed by atoms with Crippen molar-refractivity contribution in [1.29, 1.82) is 10.8 Å². The normalized spacial score (nSPS) is 12.0. The molecule has 0 aromatic heterocycles. The molecule has 1 atom stereocenters. The number of hydrogen-bond acceptors (Lipinski definition) is 7. The van der Waals surface area contributed by atoms with Crippen LogP contribution in [0.25, 0.3) is 0 Å². The van der Waals surface area contributed by atoms with Crippen molar-refractivity contribution in [2.75, 3.05) is 34.5 Å². The van der Waals surface area contributed by atoms with Crippen molar-refractivity contribution in [2.24, 2.45) is 17.2 Å². The van der Waals surface area contributed by atoms with Gasteiger partial charge in [-0.3, -0.25) is 22.0 Å². The first-order valence-corrected chi connectivity index (χ1v) is 11.2. The molecule has 0 aliphatic heterocycles. The van der Waals surface area contributed by atoms with Crippen molar-refractivity contribution in [2.45, 2.75) is 5.25 Å². The molecule has 0 fully saturated rings. The lowest BCUT2D eigenvalue weighted by atomic mass is 10.5. The van der Waals surface area contributed by atoms with Gasteiger partial charge in [-0.2, -0.15) is 23.5 Å². The predicted octanol–water partition coefficient (Wildman–Crippen LogP) is -0.118. The topological polar surface area (TPSA) is 151 Å². The van der Waals surface area contributed by atoms with E-state index in [1.807, 2.05) is 23.5 Å². The molecule has 0 spiro atoms. The molecule has 0 aromatic rings. The van der Waals surface area contributed by atoms with Gasteiger partial charge >= 0.3 is 0 Å². The van der Waals surface area contributed by atoms with Gasteiger partial charge in [-0.15, -0.1) is 0 Å². The van der Waals surface area contributed by atoms with E-state index in [1.54, 1.807) is 0 Å². The molecule has 6 nitrogen and oxygen atoms in total. The van der Waals surface area contributed by atoms with E-state index in [0.29, 0.717) is 10.4 Å². The second kappa shape index (κ2) is 13.8. The van der Waals surface area contributed by atoms with Gasteiger partial charge in [0.1, 0.15) is 0 Å². The van der Waals surface area contributed by atoms with Crippen molar-refractivity contribution in [3.63, 3.8) is 0 Å². The van der Waals surface area contributed by atoms with E-state index in [9.17, 15) is 0 Å². The Morgan fingerprint density at radius 3 is 2.05 bits per heavy atom. The second-order valence-electron chi connectivity index (χ2n) is 3.71. The Hall–Kier alpha value is 0.160. The summed E-state index contributed by atoms with van der Waals surface area (Å²) in [5, 5.41) is 21.0. The zero-order valence-electron chi connectivity index (χ0n) is 11.7. The molecule has 122 valence electrons. The second-order valence-corrected chi connectivity index (χ2v) is 9.63. The van der Waals surface area contributed by atoms with Crippen LogP contribution in [-0.2, 0) is 0 Å². The summed E-state index contributed by atoms with van der Waals surface area (Å²) in [5.74, 6) is 5.50. The van der Waals surface area contributed by atoms with Crippen LogP contribution in [0.2, 0.25) is 0 Å². The van der Waals surface area contributed by atoms with Gasteiger partial charge in [0.25, 0.3) is 5.17 Å². The van der Waals surface area contributed by atoms with E-state index in [2.05, 4.69) is 0 Å². The lowest BCUT2D eigenvalue weighted by Gasteiger charge is -2.15. The number of amidine groups is 3. The van der Waals surface area contributed by atoms with Gasteiger partial charge in [-0.25, -0.2) is 0 Å². The number of thioether (sulfide) groups is 5. The van der Waals surface area contributed by atoms with Crippen molar-refractivity contribution < 1.29 is 5.41 Å². The smallest absolute Gasteiger partial charge is 0.299 e. The van der Waals surface area contributed by atoms with E-state index in [1.165, 1.54) is 35.3 Å². The zero-order chi connectivity index (χ0) is 16.1. The summed E-state index contributed by atoms with van der Waals surface area (Å²) in [6.07, 6.45) is 0. The van der Waals surface area contributed by atoms with Crippen molar-refractivity contribution in [3.05, 3.63) is 0 Å². The minimum Gasteiger partial charge on any atom is -0.379 e. The average Bonchev–Trinajstić information content (AvgIpc) is 2.38. The van der Waals surface area contributed by atoms with Crippen LogP contribution < -0.4 is 22.6 Å². The summed E-state index contributed by atoms with van der Waals surface area (Å²) in [6.45, 7) is 0. The molecule has 1 unspecified atom stereocenters. The Morgan fingerprint density at radius 1 is 0.857 bits per heavy atom. The molecular formula is C10H23N6S5+. The van der Waals surface area contributed by atoms with Gasteiger partial charge in [-0.1, -0.05) is 23.5 Å². The van der Waals surface area contributed by atoms with Crippen LogP contribution in [0.1, 0.15) is 0 Å². The Morgan fingerprint density at radius 2 is 1.48 bits per heavy atom. The molecule has 0 aliphatic carbocycles. The molecule has 0 heterocycles. The van der Waals surface area contributed by atoms with E-state index in [0.717, 1.165) is 34.5 Å². The lowest BCUT2D eigenvalue weighted by molar-refractivity contribution is -0.110. The van der Waals surface area contributed by atoms with E-state index in [-0.39, 0.29) is 10.3 Å². The lowest BCUT2D eigenvalue weighted by Crippen LogP contribution is -2.43. The third kappa shape index (κ3) is 16.4. The molecule has 0 radical (unpaired) electrons. The maximum Gasteiger partial charge on any atom is 0.299 e. The van der Waals surface area contributed by atoms with E-state index < -0.39 is 0 Å². The number of nitrogens with one attached hydrogen (secondary N) is 2. The van der Waals surface area contributed by atoms with E-state index in [4.69, 9.17) is 33.4 Å². The summed E-state index contributed by atoms with van der Waals surface area (Å²) in [7, 11) is 0. The van der Waals surface area contributed by atoms with Crippen molar-refractivity contribution in [1.82, 2.24) is 0 Å². The van der Waals surface area contributed by atoms with Crippen molar-refractivity contribution >= 4 is 74.3 Å². The van der Waals surface area contributed by atoms with Crippen LogP contribution in [-0.4, -0.2) is 55.3 Å². The van der Waals surface area contributed by atoms with Gasteiger partial charge < -0.3 is 11.5 Å². The van der Waals surface area contributed by atoms with Gasteiger partial charge in [0.15, 0.2) is 10.3 Å². The summed E-state index contributed by atoms with van der Waals surface area (Å²) in [6, 6.07) is 0. The molecule has 0 aromatic carbocycles. The fraction of sp³-hybridized carbons (Fsp3) is 0.700. The maximum atomic E-state index is 7.29. The molecule has 0 rings (SSSR count). The Bertz CT molecular complexity index is 340. The molecule has 0 aliphatic rings. The largest absolute Gasteiger partial charge is 0.379 e. The van der Waals surface area contributed by atoms with Crippen LogP contribution >= 0.6 is 58.8 Å². The zero-order valence-corrected chi connectivity index (χ0v) is 15.8. The third-order valence-corrected chi connectivity index (χ3v) is 7.57. The minimum absolute atomic E-state index is 0.159. The average molecular weight is 388 g/mol. The Balaban J connectivity index is 3.87. The quantitative estimate of drug-likeness (QED) is 0.163. The minimum atomic E-state index is 0.159. The SMILES string of the molecule is N=C(N)SCCSCC(CSC(=N)N)SCCSC(N)=[NH2+]. The standard InChI is InChI=1S/C10H22N6S5/c11-8(12)19-2-1-17-5-7(6-21-10(15)16)18-3-4-20-9(13)14/h7H,1-6H2,(H3,11,12)(H3,13,14)(H3,15,16)/p+1. The summed E-state index contributed by atoms with van der Waals surface area (Å²) in [4.78, 5) is 0. The van der Waals surface area contributed by atoms with Gasteiger partial charge in [0.05, 0.1) is 0 Å². The van der Waals surface area contributed by atoms with Crippen molar-refractivity contribution in [3.8, 4) is 0 Å². The fourth-order valence-electron chi connectivity index (χ4n) is 1.13. The summed E-state index contributed by atoms with van der Waals surface area (Å²) in [5.41, 5.74) is 16.1. The first kappa shape index (κ1) is 21.2. The Labute approximate surface area is 147 Å². The molecule has 11 heteroatoms. The highest BCUT2D eigenvalue weighted by atomic mass is 32.2. The number of rotatable bonds is 11. The predicted molar refractivity (Wildman–Crippen MR) is 106 cm³/mol. The molecule has 0 amide bonds. The van der Waals surface area contributed by atoms with Gasteiger partial charge in [0, 0.05) is 39.8 Å². The highest BCUT2D eigenvalue weighted by Crippen LogP contribution is 2.22. The molecule has 0 saturated heterocycles. The number of nitrogens with two attached hydrogens (primary N) is 4. The highest BCUT2D eigenvalue weighted by Gasteiger charge is 2.11. The molecule has 0 saturated carbocycles. The van der Waals surface area contributed by atoms with Crippen LogP contribution in [0.5, 0.6) is 0 Å². The van der Waals surface area contributed by atoms with Crippen LogP contribution in [0.15, 0.2) is 0 Å². The van der Waals surface area contributed by atoms with Crippen LogP contribution in [0.4, 0.5) is 0 Å². The van der Waals surface area contributed by atoms with Crippen LogP contribution in [0.3, 0.4) is 0 Å². The number of hydrogen-bond donors (Lipinski definition) is 6. The Kier molecular flexibility index (Phi) is 13.9. The first-order valence-electron chi connectivity index (χ1n) is 6.05. The van der Waals surface area contributed by atoms with E-state index >= 15 is 0 Å². The third-order valence-electron chi connectivity index (χ3n) is 1.92. The van der Waals surface area contributed by atoms with Gasteiger partial charge in [-0.05, 0) is 11.8 Å². The molecular weight excluding hydrogens is 364 g/mol.